The second-order valence-electron chi connectivity index (χ2n) is 7.44. The zero-order valence-electron chi connectivity index (χ0n) is 16.2. The second kappa shape index (κ2) is 9.47. The fourth-order valence-corrected chi connectivity index (χ4v) is 4.15. The number of benzene rings is 1. The summed E-state index contributed by atoms with van der Waals surface area (Å²) in [5.41, 5.74) is 3.06. The van der Waals surface area contributed by atoms with Gasteiger partial charge in [-0.3, -0.25) is 0 Å². The van der Waals surface area contributed by atoms with Gasteiger partial charge in [-0.2, -0.15) is 0 Å². The first-order valence-corrected chi connectivity index (χ1v) is 10.8. The molecule has 0 saturated heterocycles. The number of nitrogens with one attached hydrogen (secondary N) is 2. The number of aromatic nitrogens is 2. The summed E-state index contributed by atoms with van der Waals surface area (Å²) in [6.45, 7) is 0.648. The van der Waals surface area contributed by atoms with Gasteiger partial charge in [-0.1, -0.05) is 54.6 Å². The van der Waals surface area contributed by atoms with Gasteiger partial charge < -0.3 is 10.6 Å². The van der Waals surface area contributed by atoms with Crippen molar-refractivity contribution in [1.82, 2.24) is 9.97 Å². The molecule has 4 rings (SSSR count). The van der Waals surface area contributed by atoms with E-state index in [1.165, 1.54) is 32.1 Å². The number of pyridine rings is 2. The quantitative estimate of drug-likeness (QED) is 0.454. The molecule has 1 saturated carbocycles. The van der Waals surface area contributed by atoms with E-state index in [0.717, 1.165) is 33.3 Å². The molecule has 4 nitrogen and oxygen atoms in total. The molecule has 0 aliphatic heterocycles. The molecule has 150 valence electrons. The van der Waals surface area contributed by atoms with Crippen molar-refractivity contribution in [3.05, 3.63) is 70.5 Å². The van der Waals surface area contributed by atoms with Crippen LogP contribution in [-0.4, -0.2) is 16.0 Å². The van der Waals surface area contributed by atoms with E-state index in [2.05, 4.69) is 20.6 Å². The van der Waals surface area contributed by atoms with Crippen LogP contribution in [0.25, 0.3) is 11.1 Å². The van der Waals surface area contributed by atoms with Crippen molar-refractivity contribution in [3.63, 3.8) is 0 Å². The summed E-state index contributed by atoms with van der Waals surface area (Å²) in [6, 6.07) is 14.3. The minimum Gasteiger partial charge on any atom is -0.367 e. The van der Waals surface area contributed by atoms with Gasteiger partial charge in [0.1, 0.15) is 11.6 Å². The lowest BCUT2D eigenvalue weighted by molar-refractivity contribution is 0.462. The first-order chi connectivity index (χ1) is 14.2. The number of halogens is 2. The van der Waals surface area contributed by atoms with Crippen molar-refractivity contribution in [1.29, 1.82) is 0 Å². The fourth-order valence-electron chi connectivity index (χ4n) is 3.73. The molecule has 1 fully saturated rings. The van der Waals surface area contributed by atoms with Gasteiger partial charge >= 0.3 is 0 Å². The third-order valence-electron chi connectivity index (χ3n) is 5.25. The molecule has 29 heavy (non-hydrogen) atoms. The highest BCUT2D eigenvalue weighted by molar-refractivity contribution is 6.33. The molecule has 0 unspecified atom stereocenters. The molecule has 0 bridgehead atoms. The lowest BCUT2D eigenvalue weighted by Gasteiger charge is -2.23. The highest BCUT2D eigenvalue weighted by Crippen LogP contribution is 2.31. The molecule has 0 spiro atoms. The Morgan fingerprint density at radius 3 is 2.62 bits per heavy atom. The molecule has 0 radical (unpaired) electrons. The van der Waals surface area contributed by atoms with Gasteiger partial charge in [-0.25, -0.2) is 9.97 Å². The van der Waals surface area contributed by atoms with Gasteiger partial charge in [0.25, 0.3) is 0 Å². The van der Waals surface area contributed by atoms with Crippen molar-refractivity contribution >= 4 is 34.8 Å². The van der Waals surface area contributed by atoms with Crippen LogP contribution in [-0.2, 0) is 6.54 Å². The Balaban J connectivity index is 1.50. The van der Waals surface area contributed by atoms with E-state index in [-0.39, 0.29) is 0 Å². The number of hydrogen-bond donors (Lipinski definition) is 2. The third-order valence-corrected chi connectivity index (χ3v) is 5.78. The summed E-state index contributed by atoms with van der Waals surface area (Å²) in [6.07, 6.45) is 9.81. The van der Waals surface area contributed by atoms with Crippen molar-refractivity contribution in [2.24, 2.45) is 0 Å². The van der Waals surface area contributed by atoms with Crippen molar-refractivity contribution in [3.8, 4) is 11.1 Å². The molecule has 3 aromatic rings. The number of anilines is 2. The standard InChI is InChI=1S/C23H24Cl2N4/c24-18-6-4-5-16(11-18)14-27-22-12-17(9-10-26-22)20-13-23(28-15-21(20)25)29-19-7-2-1-3-8-19/h4-6,9-13,15,19H,1-3,7-8,14H2,(H,26,27)(H,28,29). The highest BCUT2D eigenvalue weighted by atomic mass is 35.5. The van der Waals surface area contributed by atoms with E-state index in [1.54, 1.807) is 12.4 Å². The monoisotopic (exact) mass is 426 g/mol. The SMILES string of the molecule is Clc1cccc(CNc2cc(-c3cc(NC4CCCCC4)ncc3Cl)ccn2)c1. The van der Waals surface area contributed by atoms with Crippen LogP contribution in [0.15, 0.2) is 54.9 Å². The van der Waals surface area contributed by atoms with Gasteiger partial charge in [-0.15, -0.1) is 0 Å². The Morgan fingerprint density at radius 2 is 1.79 bits per heavy atom. The molecule has 1 aliphatic rings. The van der Waals surface area contributed by atoms with E-state index in [0.29, 0.717) is 17.6 Å². The Labute approximate surface area is 181 Å². The average molecular weight is 427 g/mol. The van der Waals surface area contributed by atoms with Crippen LogP contribution in [0.3, 0.4) is 0 Å². The Hall–Kier alpha value is -2.30. The van der Waals surface area contributed by atoms with Crippen LogP contribution in [0.4, 0.5) is 11.6 Å². The summed E-state index contributed by atoms with van der Waals surface area (Å²) >= 11 is 12.5. The van der Waals surface area contributed by atoms with Gasteiger partial charge in [0.05, 0.1) is 5.02 Å². The molecule has 2 aromatic heterocycles. The normalized spacial score (nSPS) is 14.6. The molecule has 6 heteroatoms. The number of nitrogens with zero attached hydrogens (tertiary/aromatic N) is 2. The van der Waals surface area contributed by atoms with Crippen LogP contribution >= 0.6 is 23.2 Å². The summed E-state index contributed by atoms with van der Waals surface area (Å²) in [7, 11) is 0. The smallest absolute Gasteiger partial charge is 0.126 e. The zero-order chi connectivity index (χ0) is 20.1. The average Bonchev–Trinajstić information content (AvgIpc) is 2.75. The van der Waals surface area contributed by atoms with Gasteiger partial charge in [0.15, 0.2) is 0 Å². The summed E-state index contributed by atoms with van der Waals surface area (Å²) in [4.78, 5) is 8.91. The van der Waals surface area contributed by atoms with Gasteiger partial charge in [0, 0.05) is 35.6 Å². The molecule has 0 amide bonds. The molecule has 1 aliphatic carbocycles. The zero-order valence-corrected chi connectivity index (χ0v) is 17.7. The predicted molar refractivity (Wildman–Crippen MR) is 122 cm³/mol. The number of hydrogen-bond acceptors (Lipinski definition) is 4. The van der Waals surface area contributed by atoms with Crippen LogP contribution in [0.1, 0.15) is 37.7 Å². The lowest BCUT2D eigenvalue weighted by atomic mass is 9.95. The van der Waals surface area contributed by atoms with Crippen LogP contribution in [0.5, 0.6) is 0 Å². The van der Waals surface area contributed by atoms with E-state index in [4.69, 9.17) is 23.2 Å². The van der Waals surface area contributed by atoms with E-state index in [1.807, 2.05) is 42.5 Å². The second-order valence-corrected chi connectivity index (χ2v) is 8.29. The summed E-state index contributed by atoms with van der Waals surface area (Å²) < 4.78 is 0. The van der Waals surface area contributed by atoms with Crippen LogP contribution in [0.2, 0.25) is 10.0 Å². The fraction of sp³-hybridized carbons (Fsp3) is 0.304. The van der Waals surface area contributed by atoms with Crippen molar-refractivity contribution in [2.45, 2.75) is 44.7 Å². The first kappa shape index (κ1) is 20.0. The lowest BCUT2D eigenvalue weighted by Crippen LogP contribution is -2.22. The molecule has 2 N–H and O–H groups in total. The third kappa shape index (κ3) is 5.40. The van der Waals surface area contributed by atoms with Crippen LogP contribution in [0, 0.1) is 0 Å². The molecule has 1 aromatic carbocycles. The van der Waals surface area contributed by atoms with Gasteiger partial charge in [-0.05, 0) is 54.3 Å². The van der Waals surface area contributed by atoms with Gasteiger partial charge in [0.2, 0.25) is 0 Å². The van der Waals surface area contributed by atoms with E-state index >= 15 is 0 Å². The highest BCUT2D eigenvalue weighted by Gasteiger charge is 2.15. The van der Waals surface area contributed by atoms with Crippen molar-refractivity contribution < 1.29 is 0 Å². The summed E-state index contributed by atoms with van der Waals surface area (Å²) in [5.74, 6) is 1.67. The number of rotatable bonds is 6. The van der Waals surface area contributed by atoms with E-state index < -0.39 is 0 Å². The Morgan fingerprint density at radius 1 is 0.931 bits per heavy atom. The van der Waals surface area contributed by atoms with Crippen molar-refractivity contribution in [2.75, 3.05) is 10.6 Å². The van der Waals surface area contributed by atoms with E-state index in [9.17, 15) is 0 Å². The van der Waals surface area contributed by atoms with Crippen LogP contribution < -0.4 is 10.6 Å². The topological polar surface area (TPSA) is 49.8 Å². The Kier molecular flexibility index (Phi) is 6.53. The maximum atomic E-state index is 6.47. The largest absolute Gasteiger partial charge is 0.367 e. The minimum absolute atomic E-state index is 0.498. The predicted octanol–water partition coefficient (Wildman–Crippen LogP) is 6.81. The minimum atomic E-state index is 0.498. The maximum absolute atomic E-state index is 6.47. The molecular formula is C23H24Cl2N4. The Bertz CT molecular complexity index is 971. The molecule has 0 atom stereocenters. The molecular weight excluding hydrogens is 403 g/mol. The molecule has 2 heterocycles. The maximum Gasteiger partial charge on any atom is 0.126 e. The first-order valence-electron chi connectivity index (χ1n) is 10.0. The summed E-state index contributed by atoms with van der Waals surface area (Å²) in [5, 5.41) is 8.29.